The van der Waals surface area contributed by atoms with Gasteiger partial charge in [-0.1, -0.05) is 6.92 Å². The molecule has 1 heterocycles. The molecule has 0 amide bonds. The van der Waals surface area contributed by atoms with Gasteiger partial charge in [-0.3, -0.25) is 9.48 Å². The van der Waals surface area contributed by atoms with Gasteiger partial charge < -0.3 is 4.74 Å². The zero-order valence-corrected chi connectivity index (χ0v) is 9.43. The lowest BCUT2D eigenvalue weighted by Crippen LogP contribution is -2.14. The second kappa shape index (κ2) is 5.60. The number of rotatable bonds is 6. The summed E-state index contributed by atoms with van der Waals surface area (Å²) in [6.07, 6.45) is 2.34. The number of methoxy groups -OCH3 is 1. The van der Waals surface area contributed by atoms with Gasteiger partial charge in [0.2, 0.25) is 0 Å². The van der Waals surface area contributed by atoms with Crippen molar-refractivity contribution in [2.45, 2.75) is 19.8 Å². The Morgan fingerprint density at radius 1 is 1.67 bits per heavy atom. The van der Waals surface area contributed by atoms with E-state index in [9.17, 15) is 4.79 Å². The van der Waals surface area contributed by atoms with Crippen LogP contribution >= 0.6 is 0 Å². The van der Waals surface area contributed by atoms with E-state index in [0.29, 0.717) is 25.3 Å². The Bertz CT molecular complexity index is 322. The van der Waals surface area contributed by atoms with Crippen LogP contribution < -0.4 is 0 Å². The van der Waals surface area contributed by atoms with Crippen molar-refractivity contribution < 1.29 is 9.53 Å². The summed E-state index contributed by atoms with van der Waals surface area (Å²) in [6, 6.07) is 0. The molecule has 0 aromatic carbocycles. The van der Waals surface area contributed by atoms with E-state index in [1.165, 1.54) is 6.33 Å². The number of ketones is 1. The molecule has 1 atom stereocenters. The number of hydrogen-bond donors (Lipinski definition) is 0. The molecule has 1 aromatic heterocycles. The maximum atomic E-state index is 11.6. The largest absolute Gasteiger partial charge is 0.384 e. The third-order valence-corrected chi connectivity index (χ3v) is 2.19. The van der Waals surface area contributed by atoms with Crippen molar-refractivity contribution in [3.8, 4) is 0 Å². The Kier molecular flexibility index (Phi) is 4.42. The van der Waals surface area contributed by atoms with Gasteiger partial charge in [-0.15, -0.1) is 0 Å². The van der Waals surface area contributed by atoms with Crippen LogP contribution in [0.25, 0.3) is 0 Å². The predicted molar refractivity (Wildman–Crippen MR) is 55.4 cm³/mol. The van der Waals surface area contributed by atoms with Crippen LogP contribution in [0.1, 0.15) is 19.2 Å². The van der Waals surface area contributed by atoms with Crippen LogP contribution in [0, 0.1) is 5.92 Å². The van der Waals surface area contributed by atoms with Gasteiger partial charge in [0.15, 0.2) is 0 Å². The van der Waals surface area contributed by atoms with Crippen molar-refractivity contribution >= 4 is 5.78 Å². The average Bonchev–Trinajstić information content (AvgIpc) is 2.52. The molecular weight excluding hydrogens is 194 g/mol. The van der Waals surface area contributed by atoms with Crippen molar-refractivity contribution in [2.24, 2.45) is 13.0 Å². The third kappa shape index (κ3) is 3.79. The highest BCUT2D eigenvalue weighted by Gasteiger charge is 2.12. The number of hydrogen-bond acceptors (Lipinski definition) is 4. The fourth-order valence-electron chi connectivity index (χ4n) is 1.46. The number of carbonyl (C=O) groups is 1. The first-order valence-corrected chi connectivity index (χ1v) is 4.97. The van der Waals surface area contributed by atoms with Crippen LogP contribution in [0.5, 0.6) is 0 Å². The Morgan fingerprint density at radius 3 is 2.93 bits per heavy atom. The van der Waals surface area contributed by atoms with E-state index in [1.807, 2.05) is 6.92 Å². The molecular formula is C10H17N3O2. The Hall–Kier alpha value is -1.23. The molecule has 0 radical (unpaired) electrons. The molecule has 0 saturated heterocycles. The van der Waals surface area contributed by atoms with E-state index < -0.39 is 0 Å². The lowest BCUT2D eigenvalue weighted by molar-refractivity contribution is -0.119. The summed E-state index contributed by atoms with van der Waals surface area (Å²) < 4.78 is 6.60. The first-order valence-electron chi connectivity index (χ1n) is 4.97. The molecule has 5 nitrogen and oxygen atoms in total. The zero-order chi connectivity index (χ0) is 11.3. The Balaban J connectivity index is 2.40. The first kappa shape index (κ1) is 11.8. The summed E-state index contributed by atoms with van der Waals surface area (Å²) in [5, 5.41) is 3.91. The standard InChI is InChI=1S/C10H17N3O2/c1-8(6-15-3)4-9(14)5-10-11-7-12-13(10)2/h7-8H,4-6H2,1-3H3. The Morgan fingerprint density at radius 2 is 2.40 bits per heavy atom. The monoisotopic (exact) mass is 211 g/mol. The molecule has 1 unspecified atom stereocenters. The van der Waals surface area contributed by atoms with Gasteiger partial charge in [-0.25, -0.2) is 4.98 Å². The summed E-state index contributed by atoms with van der Waals surface area (Å²) >= 11 is 0. The van der Waals surface area contributed by atoms with Crippen molar-refractivity contribution in [2.75, 3.05) is 13.7 Å². The molecule has 84 valence electrons. The summed E-state index contributed by atoms with van der Waals surface area (Å²) in [5.74, 6) is 1.15. The second-order valence-electron chi connectivity index (χ2n) is 3.78. The molecule has 15 heavy (non-hydrogen) atoms. The van der Waals surface area contributed by atoms with Gasteiger partial charge >= 0.3 is 0 Å². The van der Waals surface area contributed by atoms with E-state index in [-0.39, 0.29) is 11.7 Å². The molecule has 1 aromatic rings. The molecule has 1 rings (SSSR count). The third-order valence-electron chi connectivity index (χ3n) is 2.19. The quantitative estimate of drug-likeness (QED) is 0.691. The van der Waals surface area contributed by atoms with Crippen molar-refractivity contribution in [1.82, 2.24) is 14.8 Å². The number of nitrogens with zero attached hydrogens (tertiary/aromatic N) is 3. The normalized spacial score (nSPS) is 12.7. The lowest BCUT2D eigenvalue weighted by atomic mass is 10.0. The molecule has 0 N–H and O–H groups in total. The maximum Gasteiger partial charge on any atom is 0.140 e. The zero-order valence-electron chi connectivity index (χ0n) is 9.43. The van der Waals surface area contributed by atoms with Crippen molar-refractivity contribution in [3.63, 3.8) is 0 Å². The van der Waals surface area contributed by atoms with Gasteiger partial charge in [0.25, 0.3) is 0 Å². The molecule has 5 heteroatoms. The van der Waals surface area contributed by atoms with Crippen LogP contribution in [0.15, 0.2) is 6.33 Å². The fraction of sp³-hybridized carbons (Fsp3) is 0.700. The van der Waals surface area contributed by atoms with Crippen LogP contribution in [-0.4, -0.2) is 34.3 Å². The van der Waals surface area contributed by atoms with Crippen LogP contribution in [0.4, 0.5) is 0 Å². The average molecular weight is 211 g/mol. The SMILES string of the molecule is COCC(C)CC(=O)Cc1ncnn1C. The van der Waals surface area contributed by atoms with Crippen LogP contribution in [0.3, 0.4) is 0 Å². The molecule has 0 spiro atoms. The van der Waals surface area contributed by atoms with Crippen LogP contribution in [-0.2, 0) is 23.0 Å². The number of ether oxygens (including phenoxy) is 1. The number of aromatic nitrogens is 3. The molecule has 0 aliphatic heterocycles. The molecule has 0 bridgehead atoms. The van der Waals surface area contributed by atoms with Gasteiger partial charge in [0, 0.05) is 27.2 Å². The topological polar surface area (TPSA) is 57.0 Å². The lowest BCUT2D eigenvalue weighted by Gasteiger charge is -2.08. The van der Waals surface area contributed by atoms with E-state index in [4.69, 9.17) is 4.74 Å². The highest BCUT2D eigenvalue weighted by Crippen LogP contribution is 2.05. The summed E-state index contributed by atoms with van der Waals surface area (Å²) in [5.41, 5.74) is 0. The molecule has 0 aliphatic carbocycles. The molecule has 0 fully saturated rings. The van der Waals surface area contributed by atoms with E-state index in [2.05, 4.69) is 10.1 Å². The van der Waals surface area contributed by atoms with Crippen LogP contribution in [0.2, 0.25) is 0 Å². The molecule has 0 saturated carbocycles. The minimum absolute atomic E-state index is 0.177. The Labute approximate surface area is 89.5 Å². The highest BCUT2D eigenvalue weighted by atomic mass is 16.5. The van der Waals surface area contributed by atoms with E-state index in [0.717, 1.165) is 0 Å². The number of aryl methyl sites for hydroxylation is 1. The number of carbonyl (C=O) groups excluding carboxylic acids is 1. The van der Waals surface area contributed by atoms with Gasteiger partial charge in [0.05, 0.1) is 6.42 Å². The van der Waals surface area contributed by atoms with Gasteiger partial charge in [-0.2, -0.15) is 5.10 Å². The van der Waals surface area contributed by atoms with Gasteiger partial charge in [0.1, 0.15) is 17.9 Å². The van der Waals surface area contributed by atoms with E-state index >= 15 is 0 Å². The van der Waals surface area contributed by atoms with Gasteiger partial charge in [-0.05, 0) is 5.92 Å². The number of Topliss-reactive ketones (excluding diaryl/α,β-unsaturated/α-hetero) is 1. The summed E-state index contributed by atoms with van der Waals surface area (Å²) in [6.45, 7) is 2.61. The summed E-state index contributed by atoms with van der Waals surface area (Å²) in [4.78, 5) is 15.6. The maximum absolute atomic E-state index is 11.6. The smallest absolute Gasteiger partial charge is 0.140 e. The first-order chi connectivity index (χ1) is 7.13. The highest BCUT2D eigenvalue weighted by molar-refractivity contribution is 5.80. The second-order valence-corrected chi connectivity index (χ2v) is 3.78. The minimum Gasteiger partial charge on any atom is -0.384 e. The minimum atomic E-state index is 0.177. The predicted octanol–water partition coefficient (Wildman–Crippen LogP) is 0.599. The van der Waals surface area contributed by atoms with E-state index in [1.54, 1.807) is 18.8 Å². The van der Waals surface area contributed by atoms with Crippen molar-refractivity contribution in [3.05, 3.63) is 12.2 Å². The molecule has 0 aliphatic rings. The van der Waals surface area contributed by atoms with Crippen molar-refractivity contribution in [1.29, 1.82) is 0 Å². The fourth-order valence-corrected chi connectivity index (χ4v) is 1.46. The summed E-state index contributed by atoms with van der Waals surface area (Å²) in [7, 11) is 3.43.